The van der Waals surface area contributed by atoms with Crippen LogP contribution < -0.4 is 10.2 Å². The van der Waals surface area contributed by atoms with Gasteiger partial charge in [-0.2, -0.15) is 0 Å². The molecular formula is C28H33N3O2S. The normalized spacial score (nSPS) is 14.6. The van der Waals surface area contributed by atoms with E-state index in [1.54, 1.807) is 0 Å². The molecule has 4 rings (SSSR count). The topological polar surface area (TPSA) is 52.7 Å². The molecule has 1 heterocycles. The summed E-state index contributed by atoms with van der Waals surface area (Å²) in [5, 5.41) is 5.06. The molecule has 0 radical (unpaired) electrons. The zero-order valence-corrected chi connectivity index (χ0v) is 21.0. The van der Waals surface area contributed by atoms with Crippen LogP contribution in [0.1, 0.15) is 59.4 Å². The van der Waals surface area contributed by atoms with Crippen molar-refractivity contribution in [3.63, 3.8) is 0 Å². The van der Waals surface area contributed by atoms with Crippen LogP contribution in [0.2, 0.25) is 0 Å². The van der Waals surface area contributed by atoms with Crippen LogP contribution in [0.15, 0.2) is 66.0 Å². The lowest BCUT2D eigenvalue weighted by Gasteiger charge is -2.31. The SMILES string of the molecule is CC(c1ccccc1)N(Cc1cc(NC(=O)C2CCCC2)ccc1N(C)C)C(=O)c1cccs1. The van der Waals surface area contributed by atoms with Gasteiger partial charge in [0, 0.05) is 37.9 Å². The number of carbonyl (C=O) groups excluding carboxylic acids is 2. The lowest BCUT2D eigenvalue weighted by molar-refractivity contribution is -0.119. The molecule has 3 aromatic rings. The van der Waals surface area contributed by atoms with Crippen molar-refractivity contribution in [3.05, 3.63) is 82.0 Å². The summed E-state index contributed by atoms with van der Waals surface area (Å²) in [6.07, 6.45) is 4.18. The molecule has 1 N–H and O–H groups in total. The van der Waals surface area contributed by atoms with Gasteiger partial charge in [0.1, 0.15) is 0 Å². The summed E-state index contributed by atoms with van der Waals surface area (Å²) in [5.74, 6) is 0.216. The van der Waals surface area contributed by atoms with Gasteiger partial charge in [-0.3, -0.25) is 9.59 Å². The molecule has 1 aromatic heterocycles. The molecule has 0 bridgehead atoms. The number of rotatable bonds is 8. The van der Waals surface area contributed by atoms with Crippen molar-refractivity contribution in [1.82, 2.24) is 4.90 Å². The van der Waals surface area contributed by atoms with Gasteiger partial charge in [0.2, 0.25) is 5.91 Å². The first kappa shape index (κ1) is 24.0. The zero-order valence-electron chi connectivity index (χ0n) is 20.2. The van der Waals surface area contributed by atoms with Gasteiger partial charge in [-0.05, 0) is 60.5 Å². The van der Waals surface area contributed by atoms with E-state index in [9.17, 15) is 9.59 Å². The Kier molecular flexibility index (Phi) is 7.68. The van der Waals surface area contributed by atoms with Crippen molar-refractivity contribution >= 4 is 34.5 Å². The Morgan fingerprint density at radius 2 is 1.76 bits per heavy atom. The van der Waals surface area contributed by atoms with Crippen LogP contribution in [-0.4, -0.2) is 30.8 Å². The van der Waals surface area contributed by atoms with Gasteiger partial charge in [0.15, 0.2) is 0 Å². The zero-order chi connectivity index (χ0) is 24.1. The Balaban J connectivity index is 1.65. The number of amides is 2. The molecule has 5 nitrogen and oxygen atoms in total. The fraction of sp³-hybridized carbons (Fsp3) is 0.357. The third-order valence-electron chi connectivity index (χ3n) is 6.64. The Bertz CT molecular complexity index is 1110. The first-order valence-corrected chi connectivity index (χ1v) is 12.8. The van der Waals surface area contributed by atoms with Gasteiger partial charge in [-0.25, -0.2) is 0 Å². The van der Waals surface area contributed by atoms with Crippen molar-refractivity contribution in [2.24, 2.45) is 5.92 Å². The van der Waals surface area contributed by atoms with Gasteiger partial charge in [0.25, 0.3) is 5.91 Å². The molecule has 1 unspecified atom stereocenters. The Morgan fingerprint density at radius 3 is 2.41 bits per heavy atom. The fourth-order valence-electron chi connectivity index (χ4n) is 4.68. The number of anilines is 2. The van der Waals surface area contributed by atoms with Crippen LogP contribution >= 0.6 is 11.3 Å². The van der Waals surface area contributed by atoms with Crippen molar-refractivity contribution in [2.75, 3.05) is 24.3 Å². The van der Waals surface area contributed by atoms with Crippen LogP contribution in [0.3, 0.4) is 0 Å². The molecule has 1 saturated carbocycles. The molecule has 178 valence electrons. The lowest BCUT2D eigenvalue weighted by Crippen LogP contribution is -2.33. The van der Waals surface area contributed by atoms with E-state index in [4.69, 9.17) is 0 Å². The van der Waals surface area contributed by atoms with Crippen molar-refractivity contribution < 1.29 is 9.59 Å². The number of nitrogens with zero attached hydrogens (tertiary/aromatic N) is 2. The van der Waals surface area contributed by atoms with Crippen LogP contribution in [0.5, 0.6) is 0 Å². The summed E-state index contributed by atoms with van der Waals surface area (Å²) in [6.45, 7) is 2.51. The number of nitrogens with one attached hydrogen (secondary N) is 1. The fourth-order valence-corrected chi connectivity index (χ4v) is 5.36. The average molecular weight is 476 g/mol. The minimum Gasteiger partial charge on any atom is -0.377 e. The Morgan fingerprint density at radius 1 is 1.03 bits per heavy atom. The monoisotopic (exact) mass is 475 g/mol. The predicted molar refractivity (Wildman–Crippen MR) is 140 cm³/mol. The second-order valence-corrected chi connectivity index (χ2v) is 10.2. The first-order chi connectivity index (χ1) is 16.4. The lowest BCUT2D eigenvalue weighted by atomic mass is 10.0. The number of benzene rings is 2. The maximum atomic E-state index is 13.6. The van der Waals surface area contributed by atoms with Crippen molar-refractivity contribution in [1.29, 1.82) is 0 Å². The molecular weight excluding hydrogens is 442 g/mol. The van der Waals surface area contributed by atoms with E-state index in [0.29, 0.717) is 6.54 Å². The molecule has 1 atom stereocenters. The molecule has 2 aromatic carbocycles. The summed E-state index contributed by atoms with van der Waals surface area (Å²) in [4.78, 5) is 31.0. The van der Waals surface area contributed by atoms with Gasteiger partial charge >= 0.3 is 0 Å². The van der Waals surface area contributed by atoms with E-state index in [0.717, 1.165) is 53.1 Å². The highest BCUT2D eigenvalue weighted by Gasteiger charge is 2.26. The Hall–Kier alpha value is -3.12. The van der Waals surface area contributed by atoms with Gasteiger partial charge in [-0.15, -0.1) is 11.3 Å². The molecule has 6 heteroatoms. The van der Waals surface area contributed by atoms with E-state index in [2.05, 4.69) is 29.3 Å². The minimum atomic E-state index is -0.109. The molecule has 1 aliphatic carbocycles. The number of hydrogen-bond acceptors (Lipinski definition) is 4. The standard InChI is InChI=1S/C28H33N3O2S/c1-20(21-10-5-4-6-11-21)31(28(33)26-14-9-17-34-26)19-23-18-24(15-16-25(23)30(2)3)29-27(32)22-12-7-8-13-22/h4-6,9-11,14-18,20,22H,7-8,12-13,19H2,1-3H3,(H,29,32). The maximum absolute atomic E-state index is 13.6. The number of thiophene rings is 1. The molecule has 2 amide bonds. The van der Waals surface area contributed by atoms with Crippen LogP contribution in [0, 0.1) is 5.92 Å². The second-order valence-electron chi connectivity index (χ2n) is 9.21. The smallest absolute Gasteiger partial charge is 0.264 e. The van der Waals surface area contributed by atoms with Crippen LogP contribution in [0.4, 0.5) is 11.4 Å². The summed E-state index contributed by atoms with van der Waals surface area (Å²) < 4.78 is 0. The average Bonchev–Trinajstić information content (AvgIpc) is 3.57. The summed E-state index contributed by atoms with van der Waals surface area (Å²) in [7, 11) is 4.00. The van der Waals surface area contributed by atoms with Crippen LogP contribution in [-0.2, 0) is 11.3 Å². The van der Waals surface area contributed by atoms with Gasteiger partial charge < -0.3 is 15.1 Å². The summed E-state index contributed by atoms with van der Waals surface area (Å²) in [6, 6.07) is 19.8. The van der Waals surface area contributed by atoms with E-state index in [1.165, 1.54) is 11.3 Å². The summed E-state index contributed by atoms with van der Waals surface area (Å²) >= 11 is 1.46. The Labute approximate surface area is 206 Å². The molecule has 0 aliphatic heterocycles. The number of hydrogen-bond donors (Lipinski definition) is 1. The van der Waals surface area contributed by atoms with E-state index < -0.39 is 0 Å². The van der Waals surface area contributed by atoms with Crippen LogP contribution in [0.25, 0.3) is 0 Å². The molecule has 0 saturated heterocycles. The second kappa shape index (κ2) is 10.9. The molecule has 1 aliphatic rings. The molecule has 34 heavy (non-hydrogen) atoms. The highest BCUT2D eigenvalue weighted by Crippen LogP contribution is 2.31. The van der Waals surface area contributed by atoms with E-state index >= 15 is 0 Å². The highest BCUT2D eigenvalue weighted by molar-refractivity contribution is 7.12. The largest absolute Gasteiger partial charge is 0.377 e. The van der Waals surface area contributed by atoms with E-state index in [-0.39, 0.29) is 23.8 Å². The van der Waals surface area contributed by atoms with E-state index in [1.807, 2.05) is 72.9 Å². The summed E-state index contributed by atoms with van der Waals surface area (Å²) in [5.41, 5.74) is 3.91. The van der Waals surface area contributed by atoms with Gasteiger partial charge in [0.05, 0.1) is 10.9 Å². The third-order valence-corrected chi connectivity index (χ3v) is 7.50. The molecule has 1 fully saturated rings. The minimum absolute atomic E-state index is 0.0106. The highest BCUT2D eigenvalue weighted by atomic mass is 32.1. The maximum Gasteiger partial charge on any atom is 0.264 e. The number of carbonyl (C=O) groups is 2. The molecule has 0 spiro atoms. The first-order valence-electron chi connectivity index (χ1n) is 11.9. The quantitative estimate of drug-likeness (QED) is 0.413. The predicted octanol–water partition coefficient (Wildman–Crippen LogP) is 6.35. The van der Waals surface area contributed by atoms with Crippen molar-refractivity contribution in [3.8, 4) is 0 Å². The third kappa shape index (κ3) is 5.50. The van der Waals surface area contributed by atoms with Gasteiger partial charge in [-0.1, -0.05) is 49.2 Å². The van der Waals surface area contributed by atoms with Crippen molar-refractivity contribution in [2.45, 2.75) is 45.2 Å².